The lowest BCUT2D eigenvalue weighted by Gasteiger charge is -2.07. The Balaban J connectivity index is 1.69. The van der Waals surface area contributed by atoms with Crippen LogP contribution in [-0.2, 0) is 12.8 Å². The third kappa shape index (κ3) is 3.03. The highest BCUT2D eigenvalue weighted by molar-refractivity contribution is 5.95. The van der Waals surface area contributed by atoms with Crippen LogP contribution >= 0.6 is 0 Å². The highest BCUT2D eigenvalue weighted by Gasteiger charge is 2.22. The molecule has 0 saturated heterocycles. The van der Waals surface area contributed by atoms with E-state index in [2.05, 4.69) is 20.7 Å². The zero-order valence-corrected chi connectivity index (χ0v) is 12.8. The number of carbonyl (C=O) groups is 1. The Kier molecular flexibility index (Phi) is 4.27. The number of aromatic nitrogens is 2. The van der Waals surface area contributed by atoms with E-state index in [1.807, 2.05) is 6.92 Å². The number of hydrogen-bond donors (Lipinski definition) is 3. The molecule has 1 amide bonds. The molecule has 0 spiro atoms. The van der Waals surface area contributed by atoms with E-state index in [0.29, 0.717) is 23.6 Å². The van der Waals surface area contributed by atoms with Gasteiger partial charge >= 0.3 is 0 Å². The maximum Gasteiger partial charge on any atom is 0.292 e. The van der Waals surface area contributed by atoms with Crippen molar-refractivity contribution in [3.63, 3.8) is 0 Å². The van der Waals surface area contributed by atoms with Gasteiger partial charge in [-0.15, -0.1) is 0 Å². The van der Waals surface area contributed by atoms with E-state index in [1.165, 1.54) is 6.21 Å². The smallest absolute Gasteiger partial charge is 0.292 e. The van der Waals surface area contributed by atoms with Gasteiger partial charge < -0.3 is 9.84 Å². The minimum atomic E-state index is -0.360. The number of nitrogens with zero attached hydrogens (tertiary/aromatic N) is 2. The number of fused-ring (bicyclic) bond motifs is 1. The lowest BCUT2D eigenvalue weighted by atomic mass is 10.2. The average molecular weight is 314 g/mol. The first-order valence-corrected chi connectivity index (χ1v) is 7.55. The highest BCUT2D eigenvalue weighted by atomic mass is 16.5. The van der Waals surface area contributed by atoms with E-state index >= 15 is 0 Å². The number of H-pyrrole nitrogens is 1. The summed E-state index contributed by atoms with van der Waals surface area (Å²) in [5, 5.41) is 20.9. The summed E-state index contributed by atoms with van der Waals surface area (Å²) in [6, 6.07) is 5.09. The molecule has 0 aliphatic heterocycles. The Bertz CT molecular complexity index is 752. The fraction of sp³-hybridized carbons (Fsp3) is 0.312. The monoisotopic (exact) mass is 314 g/mol. The third-order valence-electron chi connectivity index (χ3n) is 3.72. The Morgan fingerprint density at radius 1 is 1.52 bits per heavy atom. The van der Waals surface area contributed by atoms with Gasteiger partial charge in [0.25, 0.3) is 5.91 Å². The van der Waals surface area contributed by atoms with E-state index in [0.717, 1.165) is 30.5 Å². The largest absolute Gasteiger partial charge is 0.504 e. The summed E-state index contributed by atoms with van der Waals surface area (Å²) < 4.78 is 5.30. The number of hydrazone groups is 1. The number of ether oxygens (including phenoxy) is 1. The molecule has 3 N–H and O–H groups in total. The second-order valence-electron chi connectivity index (χ2n) is 5.21. The molecule has 0 unspecified atom stereocenters. The lowest BCUT2D eigenvalue weighted by Crippen LogP contribution is -2.19. The third-order valence-corrected chi connectivity index (χ3v) is 3.72. The summed E-state index contributed by atoms with van der Waals surface area (Å²) in [6.07, 6.45) is 4.19. The second kappa shape index (κ2) is 6.51. The molecule has 1 aromatic carbocycles. The Labute approximate surface area is 133 Å². The van der Waals surface area contributed by atoms with Crippen molar-refractivity contribution < 1.29 is 14.6 Å². The summed E-state index contributed by atoms with van der Waals surface area (Å²) in [5.41, 5.74) is 5.29. The van der Waals surface area contributed by atoms with Gasteiger partial charge in [-0.3, -0.25) is 9.89 Å². The number of hydrogen-bond acceptors (Lipinski definition) is 5. The van der Waals surface area contributed by atoms with Crippen molar-refractivity contribution in [2.45, 2.75) is 26.2 Å². The number of benzene rings is 1. The number of aryl methyl sites for hydroxylation is 1. The number of phenolic OH excluding ortho intramolecular Hbond substituents is 1. The molecule has 2 aromatic rings. The highest BCUT2D eigenvalue weighted by Crippen LogP contribution is 2.28. The molecule has 1 aromatic heterocycles. The first kappa shape index (κ1) is 15.1. The maximum absolute atomic E-state index is 12.1. The number of para-hydroxylation sites is 1. The van der Waals surface area contributed by atoms with E-state index < -0.39 is 0 Å². The van der Waals surface area contributed by atoms with Gasteiger partial charge in [0.05, 0.1) is 12.8 Å². The van der Waals surface area contributed by atoms with Gasteiger partial charge in [-0.25, -0.2) is 5.43 Å². The first-order chi connectivity index (χ1) is 11.2. The summed E-state index contributed by atoms with van der Waals surface area (Å²) >= 11 is 0. The van der Waals surface area contributed by atoms with Crippen molar-refractivity contribution in [2.24, 2.45) is 5.10 Å². The topological polar surface area (TPSA) is 99.6 Å². The standard InChI is InChI=1S/C16H18N4O3/c1-2-23-13-8-3-5-10(15(13)21)9-17-20-16(22)14-11-6-4-7-12(11)18-19-14/h3,5,8-9,21H,2,4,6-7H2,1H3,(H,18,19)(H,20,22). The maximum atomic E-state index is 12.1. The average Bonchev–Trinajstić information content (AvgIpc) is 3.14. The fourth-order valence-corrected chi connectivity index (χ4v) is 2.64. The Morgan fingerprint density at radius 2 is 2.39 bits per heavy atom. The number of amides is 1. The van der Waals surface area contributed by atoms with E-state index in [-0.39, 0.29) is 11.7 Å². The second-order valence-corrected chi connectivity index (χ2v) is 5.21. The van der Waals surface area contributed by atoms with Crippen LogP contribution in [0.5, 0.6) is 11.5 Å². The van der Waals surface area contributed by atoms with Crippen LogP contribution in [0.3, 0.4) is 0 Å². The van der Waals surface area contributed by atoms with Crippen molar-refractivity contribution in [3.05, 3.63) is 40.7 Å². The van der Waals surface area contributed by atoms with Gasteiger partial charge in [0.15, 0.2) is 17.2 Å². The molecule has 0 bridgehead atoms. The first-order valence-electron chi connectivity index (χ1n) is 7.55. The molecule has 1 aliphatic carbocycles. The minimum absolute atomic E-state index is 0.00647. The molecule has 1 heterocycles. The van der Waals surface area contributed by atoms with Gasteiger partial charge in [0, 0.05) is 16.8 Å². The van der Waals surface area contributed by atoms with Gasteiger partial charge in [-0.2, -0.15) is 10.2 Å². The van der Waals surface area contributed by atoms with Gasteiger partial charge in [0.2, 0.25) is 0 Å². The van der Waals surface area contributed by atoms with Crippen molar-refractivity contribution in [1.29, 1.82) is 0 Å². The normalized spacial score (nSPS) is 13.3. The van der Waals surface area contributed by atoms with Crippen LogP contribution < -0.4 is 10.2 Å². The Hall–Kier alpha value is -2.83. The molecular formula is C16H18N4O3. The van der Waals surface area contributed by atoms with Gasteiger partial charge in [0.1, 0.15) is 0 Å². The summed E-state index contributed by atoms with van der Waals surface area (Å²) in [4.78, 5) is 12.1. The number of carbonyl (C=O) groups excluding carboxylic acids is 1. The van der Waals surface area contributed by atoms with Crippen molar-refractivity contribution in [1.82, 2.24) is 15.6 Å². The zero-order chi connectivity index (χ0) is 16.2. The van der Waals surface area contributed by atoms with Crippen LogP contribution in [0.25, 0.3) is 0 Å². The molecule has 0 fully saturated rings. The molecule has 7 heteroatoms. The van der Waals surface area contributed by atoms with Crippen LogP contribution in [0.15, 0.2) is 23.3 Å². The summed E-state index contributed by atoms with van der Waals surface area (Å²) in [7, 11) is 0. The lowest BCUT2D eigenvalue weighted by molar-refractivity contribution is 0.0949. The van der Waals surface area contributed by atoms with Crippen LogP contribution in [-0.4, -0.2) is 34.0 Å². The number of phenols is 1. The molecule has 0 atom stereocenters. The van der Waals surface area contributed by atoms with Gasteiger partial charge in [-0.1, -0.05) is 6.07 Å². The van der Waals surface area contributed by atoms with Crippen LogP contribution in [0.1, 0.15) is 40.7 Å². The van der Waals surface area contributed by atoms with Crippen LogP contribution in [0, 0.1) is 0 Å². The SMILES string of the molecule is CCOc1cccc(C=NNC(=O)c2n[nH]c3c2CCC3)c1O. The number of aromatic amines is 1. The van der Waals surface area contributed by atoms with E-state index in [4.69, 9.17) is 4.74 Å². The molecular weight excluding hydrogens is 296 g/mol. The quantitative estimate of drug-likeness (QED) is 0.578. The Morgan fingerprint density at radius 3 is 3.22 bits per heavy atom. The molecule has 23 heavy (non-hydrogen) atoms. The van der Waals surface area contributed by atoms with Crippen LogP contribution in [0.4, 0.5) is 0 Å². The molecule has 0 radical (unpaired) electrons. The van der Waals surface area contributed by atoms with E-state index in [1.54, 1.807) is 18.2 Å². The zero-order valence-electron chi connectivity index (χ0n) is 12.8. The number of aromatic hydroxyl groups is 1. The molecule has 1 aliphatic rings. The van der Waals surface area contributed by atoms with Crippen LogP contribution in [0.2, 0.25) is 0 Å². The fourth-order valence-electron chi connectivity index (χ4n) is 2.64. The summed E-state index contributed by atoms with van der Waals surface area (Å²) in [6.45, 7) is 2.29. The molecule has 0 saturated carbocycles. The van der Waals surface area contributed by atoms with Gasteiger partial charge in [-0.05, 0) is 38.3 Å². The molecule has 7 nitrogen and oxygen atoms in total. The van der Waals surface area contributed by atoms with Crippen molar-refractivity contribution in [2.75, 3.05) is 6.61 Å². The van der Waals surface area contributed by atoms with E-state index in [9.17, 15) is 9.90 Å². The molecule has 120 valence electrons. The van der Waals surface area contributed by atoms with Crippen molar-refractivity contribution >= 4 is 12.1 Å². The number of nitrogens with one attached hydrogen (secondary N) is 2. The summed E-state index contributed by atoms with van der Waals surface area (Å²) in [5.74, 6) is 0.0158. The van der Waals surface area contributed by atoms with Crippen molar-refractivity contribution in [3.8, 4) is 11.5 Å². The predicted molar refractivity (Wildman–Crippen MR) is 84.9 cm³/mol. The minimum Gasteiger partial charge on any atom is -0.504 e. The molecule has 3 rings (SSSR count). The predicted octanol–water partition coefficient (Wildman–Crippen LogP) is 1.77. The number of rotatable bonds is 5.